The van der Waals surface area contributed by atoms with Crippen LogP contribution in [-0.4, -0.2) is 11.2 Å². The Morgan fingerprint density at radius 1 is 0.739 bits per heavy atom. The van der Waals surface area contributed by atoms with Crippen LogP contribution in [0.1, 0.15) is 81.2 Å². The predicted molar refractivity (Wildman–Crippen MR) is 101 cm³/mol. The van der Waals surface area contributed by atoms with Crippen molar-refractivity contribution in [3.8, 4) is 0 Å². The van der Waals surface area contributed by atoms with Crippen LogP contribution in [0, 0.1) is 5.92 Å². The maximum absolute atomic E-state index is 5.09. The molecule has 1 aromatic rings. The van der Waals surface area contributed by atoms with E-state index in [1.54, 1.807) is 0 Å². The van der Waals surface area contributed by atoms with Crippen LogP contribution < -0.4 is 0 Å². The molecule has 0 aromatic heterocycles. The van der Waals surface area contributed by atoms with Crippen molar-refractivity contribution >= 4 is 0 Å². The summed E-state index contributed by atoms with van der Waals surface area (Å²) in [5.74, 6) is 0.759. The van der Waals surface area contributed by atoms with E-state index in [1.807, 2.05) is 41.5 Å². The van der Waals surface area contributed by atoms with E-state index in [1.165, 1.54) is 12.0 Å². The Morgan fingerprint density at radius 2 is 1.13 bits per heavy atom. The average Bonchev–Trinajstić information content (AvgIpc) is 2.35. The van der Waals surface area contributed by atoms with Crippen LogP contribution >= 0.6 is 0 Å². The number of benzene rings is 1. The third-order valence-corrected chi connectivity index (χ3v) is 3.02. The first-order chi connectivity index (χ1) is 10.2. The maximum atomic E-state index is 5.09. The van der Waals surface area contributed by atoms with Gasteiger partial charge in [0.25, 0.3) is 0 Å². The molecule has 0 bridgehead atoms. The predicted octanol–water partition coefficient (Wildman–Crippen LogP) is 6.54. The number of rotatable bonds is 4. The molecule has 0 fully saturated rings. The van der Waals surface area contributed by atoms with E-state index in [2.05, 4.69) is 58.0 Å². The van der Waals surface area contributed by atoms with Crippen molar-refractivity contribution in [3.05, 3.63) is 35.9 Å². The summed E-state index contributed by atoms with van der Waals surface area (Å²) in [7, 11) is 0. The smallest absolute Gasteiger partial charge is 0.0952 e. The van der Waals surface area contributed by atoms with E-state index in [0.29, 0.717) is 5.41 Å². The lowest BCUT2D eigenvalue weighted by atomic mass is 9.78. The molecule has 0 saturated heterocycles. The van der Waals surface area contributed by atoms with Gasteiger partial charge in [0.05, 0.1) is 11.2 Å². The first kappa shape index (κ1) is 22.1. The molecule has 0 radical (unpaired) electrons. The minimum Gasteiger partial charge on any atom is -0.230 e. The van der Waals surface area contributed by atoms with Gasteiger partial charge in [0.15, 0.2) is 0 Å². The molecule has 1 aromatic carbocycles. The third kappa shape index (κ3) is 12.3. The van der Waals surface area contributed by atoms with E-state index >= 15 is 0 Å². The minimum atomic E-state index is -0.215. The summed E-state index contributed by atoms with van der Waals surface area (Å²) < 4.78 is 0. The van der Waals surface area contributed by atoms with Gasteiger partial charge in [-0.25, -0.2) is 9.78 Å². The van der Waals surface area contributed by atoms with Gasteiger partial charge in [-0.3, -0.25) is 0 Å². The molecule has 0 amide bonds. The largest absolute Gasteiger partial charge is 0.230 e. The zero-order valence-electron chi connectivity index (χ0n) is 17.0. The number of hydrogen-bond acceptors (Lipinski definition) is 2. The fourth-order valence-electron chi connectivity index (χ4n) is 2.28. The van der Waals surface area contributed by atoms with Crippen LogP contribution in [0.25, 0.3) is 0 Å². The highest BCUT2D eigenvalue weighted by atomic mass is 17.2. The Labute approximate surface area is 144 Å². The van der Waals surface area contributed by atoms with E-state index < -0.39 is 0 Å². The molecule has 0 aliphatic carbocycles. The highest BCUT2D eigenvalue weighted by Crippen LogP contribution is 2.29. The van der Waals surface area contributed by atoms with Gasteiger partial charge in [-0.1, -0.05) is 58.0 Å². The normalized spacial score (nSPS) is 12.8. The molecule has 0 N–H and O–H groups in total. The summed E-state index contributed by atoms with van der Waals surface area (Å²) in [6.45, 7) is 21.0. The molecular formula is C21H38O2. The quantitative estimate of drug-likeness (QED) is 0.462. The molecule has 0 aliphatic heterocycles. The van der Waals surface area contributed by atoms with Crippen molar-refractivity contribution in [2.75, 3.05) is 0 Å². The summed E-state index contributed by atoms with van der Waals surface area (Å²) in [6.07, 6.45) is 1.25. The van der Waals surface area contributed by atoms with Gasteiger partial charge in [0.2, 0.25) is 0 Å². The SMILES string of the molecule is CC(C)(C)OOC(C)(C)C.CC(C)CC(C)(C)c1ccccc1. The molecule has 1 rings (SSSR count). The van der Waals surface area contributed by atoms with E-state index in [9.17, 15) is 0 Å². The lowest BCUT2D eigenvalue weighted by Gasteiger charge is -2.27. The Balaban J connectivity index is 0.000000438. The molecule has 2 nitrogen and oxygen atoms in total. The van der Waals surface area contributed by atoms with Gasteiger partial charge in [-0.05, 0) is 64.9 Å². The van der Waals surface area contributed by atoms with Crippen LogP contribution in [0.2, 0.25) is 0 Å². The molecule has 0 saturated carbocycles. The van der Waals surface area contributed by atoms with Gasteiger partial charge >= 0.3 is 0 Å². The molecule has 134 valence electrons. The van der Waals surface area contributed by atoms with Crippen LogP contribution in [0.4, 0.5) is 0 Å². The topological polar surface area (TPSA) is 18.5 Å². The van der Waals surface area contributed by atoms with Gasteiger partial charge in [-0.15, -0.1) is 0 Å². The second-order valence-electron chi connectivity index (χ2n) is 9.24. The van der Waals surface area contributed by atoms with Crippen LogP contribution in [0.3, 0.4) is 0 Å². The van der Waals surface area contributed by atoms with E-state index in [-0.39, 0.29) is 11.2 Å². The van der Waals surface area contributed by atoms with Crippen molar-refractivity contribution in [3.63, 3.8) is 0 Å². The molecule has 0 spiro atoms. The zero-order valence-corrected chi connectivity index (χ0v) is 17.0. The summed E-state index contributed by atoms with van der Waals surface area (Å²) in [4.78, 5) is 10.2. The average molecular weight is 323 g/mol. The Bertz CT molecular complexity index is 405. The highest BCUT2D eigenvalue weighted by Gasteiger charge is 2.21. The number of hydrogen-bond donors (Lipinski definition) is 0. The highest BCUT2D eigenvalue weighted by molar-refractivity contribution is 5.23. The second kappa shape index (κ2) is 8.84. The molecule has 2 heteroatoms. The van der Waals surface area contributed by atoms with Gasteiger partial charge in [0, 0.05) is 0 Å². The molecule has 0 atom stereocenters. The zero-order chi connectivity index (χ0) is 18.3. The lowest BCUT2D eigenvalue weighted by Crippen LogP contribution is -2.27. The van der Waals surface area contributed by atoms with E-state index in [0.717, 1.165) is 5.92 Å². The summed E-state index contributed by atoms with van der Waals surface area (Å²) in [5, 5.41) is 0. The monoisotopic (exact) mass is 322 g/mol. The van der Waals surface area contributed by atoms with Crippen LogP contribution in [0.15, 0.2) is 30.3 Å². The first-order valence-electron chi connectivity index (χ1n) is 8.65. The molecule has 0 aliphatic rings. The van der Waals surface area contributed by atoms with Gasteiger partial charge < -0.3 is 0 Å². The first-order valence-corrected chi connectivity index (χ1v) is 8.65. The van der Waals surface area contributed by atoms with Crippen molar-refractivity contribution in [1.82, 2.24) is 0 Å². The summed E-state index contributed by atoms with van der Waals surface area (Å²) in [5.41, 5.74) is 1.33. The Hall–Kier alpha value is -0.860. The Kier molecular flexibility index (Phi) is 8.51. The third-order valence-electron chi connectivity index (χ3n) is 3.02. The standard InChI is InChI=1S/C13H20.C8H18O2/c1-11(2)10-13(3,4)12-8-6-5-7-9-12;1-7(2,3)9-10-8(4,5)6/h5-9,11H,10H2,1-4H3;1-6H3. The fourth-order valence-corrected chi connectivity index (χ4v) is 2.28. The molecule has 0 heterocycles. The van der Waals surface area contributed by atoms with Crippen molar-refractivity contribution in [2.45, 2.75) is 92.3 Å². The molecular weight excluding hydrogens is 284 g/mol. The van der Waals surface area contributed by atoms with Crippen molar-refractivity contribution < 1.29 is 9.78 Å². The molecule has 23 heavy (non-hydrogen) atoms. The van der Waals surface area contributed by atoms with Crippen LogP contribution in [-0.2, 0) is 15.2 Å². The van der Waals surface area contributed by atoms with E-state index in [4.69, 9.17) is 9.78 Å². The van der Waals surface area contributed by atoms with Crippen molar-refractivity contribution in [2.24, 2.45) is 5.92 Å². The van der Waals surface area contributed by atoms with Gasteiger partial charge in [-0.2, -0.15) is 0 Å². The Morgan fingerprint density at radius 3 is 1.43 bits per heavy atom. The minimum absolute atomic E-state index is 0.215. The second-order valence-corrected chi connectivity index (χ2v) is 9.24. The van der Waals surface area contributed by atoms with Gasteiger partial charge in [0.1, 0.15) is 0 Å². The summed E-state index contributed by atoms with van der Waals surface area (Å²) in [6, 6.07) is 10.8. The molecule has 0 unspecified atom stereocenters. The lowest BCUT2D eigenvalue weighted by molar-refractivity contribution is -0.393. The maximum Gasteiger partial charge on any atom is 0.0952 e. The van der Waals surface area contributed by atoms with Crippen LogP contribution in [0.5, 0.6) is 0 Å². The summed E-state index contributed by atoms with van der Waals surface area (Å²) >= 11 is 0. The fraction of sp³-hybridized carbons (Fsp3) is 0.714. The van der Waals surface area contributed by atoms with Crippen molar-refractivity contribution in [1.29, 1.82) is 0 Å².